The number of rotatable bonds is 4. The molecule has 0 aromatic heterocycles. The number of nitrogens with zero attached hydrogens (tertiary/aromatic N) is 1. The van der Waals surface area contributed by atoms with Crippen LogP contribution in [0.4, 0.5) is 17.6 Å². The third kappa shape index (κ3) is 5.48. The maximum absolute atomic E-state index is 13.9. The molecular formula is C21H26F4N2O2. The van der Waals surface area contributed by atoms with Crippen LogP contribution in [0.2, 0.25) is 0 Å². The van der Waals surface area contributed by atoms with E-state index in [4.69, 9.17) is 0 Å². The molecule has 1 aliphatic heterocycles. The lowest BCUT2D eigenvalue weighted by molar-refractivity contribution is -0.141. The zero-order valence-corrected chi connectivity index (χ0v) is 16.2. The Hall–Kier alpha value is -2.12. The molecule has 0 unspecified atom stereocenters. The van der Waals surface area contributed by atoms with E-state index in [9.17, 15) is 27.2 Å². The quantitative estimate of drug-likeness (QED) is 0.586. The van der Waals surface area contributed by atoms with Crippen LogP contribution < -0.4 is 5.32 Å². The number of nitrogens with one attached hydrogen (secondary N) is 1. The van der Waals surface area contributed by atoms with Gasteiger partial charge in [-0.2, -0.15) is 13.2 Å². The van der Waals surface area contributed by atoms with Gasteiger partial charge < -0.3 is 10.2 Å². The normalized spacial score (nSPS) is 21.7. The molecule has 1 atom stereocenters. The van der Waals surface area contributed by atoms with Gasteiger partial charge in [0.2, 0.25) is 11.8 Å². The minimum absolute atomic E-state index is 0.0601. The number of carbonyl (C=O) groups excluding carboxylic acids is 2. The topological polar surface area (TPSA) is 49.4 Å². The fourth-order valence-corrected chi connectivity index (χ4v) is 4.22. The van der Waals surface area contributed by atoms with Crippen LogP contribution in [0.3, 0.4) is 0 Å². The summed E-state index contributed by atoms with van der Waals surface area (Å²) < 4.78 is 52.4. The molecule has 0 radical (unpaired) electrons. The highest BCUT2D eigenvalue weighted by Gasteiger charge is 2.34. The molecule has 1 heterocycles. The van der Waals surface area contributed by atoms with Crippen molar-refractivity contribution in [3.63, 3.8) is 0 Å². The Kier molecular flexibility index (Phi) is 6.80. The standard InChI is InChI=1S/C21H26F4N2O2/c22-18-9-8-16(21(23,24)25)11-15(18)12-26-20(29)14-7-10-19(28)27(13-14)17-5-3-1-2-4-6-17/h8-9,11,14,17H,1-7,10,12-13H2,(H,26,29)/t14-/m0/s1. The molecule has 160 valence electrons. The molecule has 2 amide bonds. The monoisotopic (exact) mass is 414 g/mol. The van der Waals surface area contributed by atoms with Crippen LogP contribution in [0, 0.1) is 11.7 Å². The number of alkyl halides is 3. The van der Waals surface area contributed by atoms with Crippen molar-refractivity contribution in [2.24, 2.45) is 5.92 Å². The fourth-order valence-electron chi connectivity index (χ4n) is 4.22. The van der Waals surface area contributed by atoms with E-state index in [0.717, 1.165) is 50.7 Å². The smallest absolute Gasteiger partial charge is 0.352 e. The highest BCUT2D eigenvalue weighted by molar-refractivity contribution is 5.84. The van der Waals surface area contributed by atoms with Crippen LogP contribution in [0.15, 0.2) is 18.2 Å². The average molecular weight is 414 g/mol. The zero-order chi connectivity index (χ0) is 21.0. The zero-order valence-electron chi connectivity index (χ0n) is 16.2. The van der Waals surface area contributed by atoms with Gasteiger partial charge in [-0.3, -0.25) is 9.59 Å². The Morgan fingerprint density at radius 3 is 2.45 bits per heavy atom. The molecule has 0 spiro atoms. The summed E-state index contributed by atoms with van der Waals surface area (Å²) >= 11 is 0. The van der Waals surface area contributed by atoms with E-state index in [0.29, 0.717) is 19.0 Å². The summed E-state index contributed by atoms with van der Waals surface area (Å²) in [6.45, 7) is 0.00285. The van der Waals surface area contributed by atoms with Gasteiger partial charge >= 0.3 is 6.18 Å². The Morgan fingerprint density at radius 1 is 1.10 bits per heavy atom. The predicted molar refractivity (Wildman–Crippen MR) is 99.2 cm³/mol. The summed E-state index contributed by atoms with van der Waals surface area (Å²) in [5.74, 6) is -1.51. The summed E-state index contributed by atoms with van der Waals surface area (Å²) in [6, 6.07) is 2.31. The number of hydrogen-bond acceptors (Lipinski definition) is 2. The van der Waals surface area contributed by atoms with Crippen LogP contribution in [0.25, 0.3) is 0 Å². The molecule has 1 aromatic rings. The van der Waals surface area contributed by atoms with E-state index in [1.807, 2.05) is 4.90 Å². The maximum Gasteiger partial charge on any atom is 0.416 e. The summed E-state index contributed by atoms with van der Waals surface area (Å²) in [5, 5.41) is 2.55. The van der Waals surface area contributed by atoms with Crippen molar-refractivity contribution in [2.45, 2.75) is 70.1 Å². The number of amides is 2. The van der Waals surface area contributed by atoms with E-state index in [1.54, 1.807) is 0 Å². The van der Waals surface area contributed by atoms with E-state index < -0.39 is 23.5 Å². The molecule has 1 aromatic carbocycles. The molecule has 1 saturated heterocycles. The molecule has 29 heavy (non-hydrogen) atoms. The second-order valence-corrected chi connectivity index (χ2v) is 7.95. The van der Waals surface area contributed by atoms with Gasteiger partial charge in [-0.15, -0.1) is 0 Å². The maximum atomic E-state index is 13.9. The number of likely N-dealkylation sites (tertiary alicyclic amines) is 1. The van der Waals surface area contributed by atoms with Crippen molar-refractivity contribution < 1.29 is 27.2 Å². The van der Waals surface area contributed by atoms with Gasteiger partial charge in [0.05, 0.1) is 11.5 Å². The Morgan fingerprint density at radius 2 is 1.79 bits per heavy atom. The van der Waals surface area contributed by atoms with Crippen molar-refractivity contribution in [1.82, 2.24) is 10.2 Å². The first kappa shape index (κ1) is 21.6. The lowest BCUT2D eigenvalue weighted by Crippen LogP contribution is -2.49. The molecule has 1 aliphatic carbocycles. The third-order valence-corrected chi connectivity index (χ3v) is 5.91. The molecule has 1 saturated carbocycles. The molecule has 1 N–H and O–H groups in total. The van der Waals surface area contributed by atoms with Crippen LogP contribution >= 0.6 is 0 Å². The van der Waals surface area contributed by atoms with Gasteiger partial charge in [0, 0.05) is 31.1 Å². The summed E-state index contributed by atoms with van der Waals surface area (Å²) in [6.07, 6.45) is 2.45. The first-order chi connectivity index (χ1) is 13.8. The van der Waals surface area contributed by atoms with Gasteiger partial charge in [0.15, 0.2) is 0 Å². The fraction of sp³-hybridized carbons (Fsp3) is 0.619. The number of halogens is 4. The van der Waals surface area contributed by atoms with Crippen LogP contribution in [0.5, 0.6) is 0 Å². The Labute approximate surface area is 167 Å². The minimum Gasteiger partial charge on any atom is -0.352 e. The van der Waals surface area contributed by atoms with E-state index in [2.05, 4.69) is 5.32 Å². The lowest BCUT2D eigenvalue weighted by atomic mass is 9.93. The Balaban J connectivity index is 1.61. The first-order valence-corrected chi connectivity index (χ1v) is 10.2. The highest BCUT2D eigenvalue weighted by Crippen LogP contribution is 2.31. The predicted octanol–water partition coefficient (Wildman–Crippen LogP) is 4.42. The second-order valence-electron chi connectivity index (χ2n) is 7.95. The largest absolute Gasteiger partial charge is 0.416 e. The molecule has 8 heteroatoms. The van der Waals surface area contributed by atoms with Crippen LogP contribution in [0.1, 0.15) is 62.5 Å². The first-order valence-electron chi connectivity index (χ1n) is 10.2. The van der Waals surface area contributed by atoms with E-state index in [1.165, 1.54) is 0 Å². The van der Waals surface area contributed by atoms with Gasteiger partial charge in [-0.25, -0.2) is 4.39 Å². The number of piperidine rings is 1. The number of benzene rings is 1. The van der Waals surface area contributed by atoms with Crippen molar-refractivity contribution in [3.05, 3.63) is 35.1 Å². The summed E-state index contributed by atoms with van der Waals surface area (Å²) in [5.41, 5.74) is -1.16. The summed E-state index contributed by atoms with van der Waals surface area (Å²) in [7, 11) is 0. The van der Waals surface area contributed by atoms with Crippen molar-refractivity contribution in [2.75, 3.05) is 6.54 Å². The van der Waals surface area contributed by atoms with E-state index in [-0.39, 0.29) is 36.4 Å². The molecule has 3 rings (SSSR count). The average Bonchev–Trinajstić information content (AvgIpc) is 2.96. The Bertz CT molecular complexity index is 743. The number of carbonyl (C=O) groups is 2. The van der Waals surface area contributed by atoms with Gasteiger partial charge in [-0.1, -0.05) is 25.7 Å². The van der Waals surface area contributed by atoms with Gasteiger partial charge in [0.25, 0.3) is 0 Å². The van der Waals surface area contributed by atoms with Crippen molar-refractivity contribution >= 4 is 11.8 Å². The van der Waals surface area contributed by atoms with E-state index >= 15 is 0 Å². The van der Waals surface area contributed by atoms with Crippen molar-refractivity contribution in [1.29, 1.82) is 0 Å². The SMILES string of the molecule is O=C(NCc1cc(C(F)(F)F)ccc1F)[C@H]1CCC(=O)N(C2CCCCCC2)C1. The van der Waals surface area contributed by atoms with Crippen LogP contribution in [-0.2, 0) is 22.3 Å². The molecule has 0 bridgehead atoms. The molecular weight excluding hydrogens is 388 g/mol. The second kappa shape index (κ2) is 9.13. The van der Waals surface area contributed by atoms with Gasteiger partial charge in [0.1, 0.15) is 5.82 Å². The van der Waals surface area contributed by atoms with Crippen molar-refractivity contribution in [3.8, 4) is 0 Å². The van der Waals surface area contributed by atoms with Crippen LogP contribution in [-0.4, -0.2) is 29.3 Å². The summed E-state index contributed by atoms with van der Waals surface area (Å²) in [4.78, 5) is 26.8. The highest BCUT2D eigenvalue weighted by atomic mass is 19.4. The minimum atomic E-state index is -4.57. The lowest BCUT2D eigenvalue weighted by Gasteiger charge is -2.37. The number of hydrogen-bond donors (Lipinski definition) is 1. The van der Waals surface area contributed by atoms with Gasteiger partial charge in [-0.05, 0) is 37.5 Å². The molecule has 4 nitrogen and oxygen atoms in total. The third-order valence-electron chi connectivity index (χ3n) is 5.91. The molecule has 2 fully saturated rings. The molecule has 2 aliphatic rings.